The fourth-order valence-electron chi connectivity index (χ4n) is 2.35. The quantitative estimate of drug-likeness (QED) is 0.911. The highest BCUT2D eigenvalue weighted by Gasteiger charge is 2.17. The molecule has 1 saturated heterocycles. The Morgan fingerprint density at radius 1 is 1.28 bits per heavy atom. The average Bonchev–Trinajstić information content (AvgIpc) is 2.34. The molecule has 0 bridgehead atoms. The fraction of sp³-hybridized carbons (Fsp3) is 0.571. The summed E-state index contributed by atoms with van der Waals surface area (Å²) in [5, 5.41) is 3.56. The third-order valence-electron chi connectivity index (χ3n) is 3.45. The number of nitrogens with one attached hydrogen (secondary N) is 1. The SMILES string of the molecule is Cc1ccc(NC2CCS(=O)CC2)cc1N(C)C. The lowest BCUT2D eigenvalue weighted by Crippen LogP contribution is -2.29. The summed E-state index contributed by atoms with van der Waals surface area (Å²) in [6.07, 6.45) is 2.02. The molecule has 0 amide bonds. The molecule has 100 valence electrons. The van der Waals surface area contributed by atoms with Crippen LogP contribution < -0.4 is 10.2 Å². The zero-order chi connectivity index (χ0) is 13.1. The van der Waals surface area contributed by atoms with Crippen LogP contribution in [0.4, 0.5) is 11.4 Å². The summed E-state index contributed by atoms with van der Waals surface area (Å²) in [6.45, 7) is 2.13. The van der Waals surface area contributed by atoms with Crippen molar-refractivity contribution in [3.05, 3.63) is 23.8 Å². The second-order valence-electron chi connectivity index (χ2n) is 5.16. The first kappa shape index (κ1) is 13.4. The number of hydrogen-bond donors (Lipinski definition) is 1. The Bertz CT molecular complexity index is 435. The van der Waals surface area contributed by atoms with Crippen LogP contribution in [0.5, 0.6) is 0 Å². The van der Waals surface area contributed by atoms with E-state index in [0.29, 0.717) is 6.04 Å². The van der Waals surface area contributed by atoms with Gasteiger partial charge < -0.3 is 10.2 Å². The van der Waals surface area contributed by atoms with Crippen LogP contribution in [0.15, 0.2) is 18.2 Å². The summed E-state index contributed by atoms with van der Waals surface area (Å²) in [5.74, 6) is 1.67. The van der Waals surface area contributed by atoms with Gasteiger partial charge in [0, 0.05) is 53.8 Å². The molecule has 1 heterocycles. The summed E-state index contributed by atoms with van der Waals surface area (Å²) in [7, 11) is 3.55. The van der Waals surface area contributed by atoms with Crippen molar-refractivity contribution in [3.63, 3.8) is 0 Å². The van der Waals surface area contributed by atoms with E-state index in [1.165, 1.54) is 16.9 Å². The fourth-order valence-corrected chi connectivity index (χ4v) is 3.65. The first-order chi connectivity index (χ1) is 8.56. The van der Waals surface area contributed by atoms with E-state index in [1.807, 2.05) is 0 Å². The molecule has 4 heteroatoms. The molecule has 0 spiro atoms. The molecule has 0 saturated carbocycles. The normalized spacial score (nSPS) is 23.7. The minimum atomic E-state index is -0.583. The van der Waals surface area contributed by atoms with Gasteiger partial charge in [-0.3, -0.25) is 4.21 Å². The van der Waals surface area contributed by atoms with E-state index in [-0.39, 0.29) is 0 Å². The zero-order valence-corrected chi connectivity index (χ0v) is 12.2. The van der Waals surface area contributed by atoms with Crippen LogP contribution in [-0.2, 0) is 10.8 Å². The maximum atomic E-state index is 11.3. The maximum Gasteiger partial charge on any atom is 0.0411 e. The van der Waals surface area contributed by atoms with Gasteiger partial charge in [-0.2, -0.15) is 0 Å². The summed E-state index contributed by atoms with van der Waals surface area (Å²) in [4.78, 5) is 2.14. The summed E-state index contributed by atoms with van der Waals surface area (Å²) in [5.41, 5.74) is 3.71. The van der Waals surface area contributed by atoms with E-state index in [0.717, 1.165) is 24.3 Å². The first-order valence-electron chi connectivity index (χ1n) is 6.46. The van der Waals surface area contributed by atoms with Crippen molar-refractivity contribution < 1.29 is 4.21 Å². The molecular formula is C14H22N2OS. The molecular weight excluding hydrogens is 244 g/mol. The van der Waals surface area contributed by atoms with Crippen molar-refractivity contribution in [1.29, 1.82) is 0 Å². The minimum Gasteiger partial charge on any atom is -0.382 e. The molecule has 1 aromatic carbocycles. The van der Waals surface area contributed by atoms with Crippen LogP contribution in [0.1, 0.15) is 18.4 Å². The van der Waals surface area contributed by atoms with Crippen LogP contribution >= 0.6 is 0 Å². The van der Waals surface area contributed by atoms with Crippen LogP contribution in [0.2, 0.25) is 0 Å². The van der Waals surface area contributed by atoms with Crippen molar-refractivity contribution in [1.82, 2.24) is 0 Å². The van der Waals surface area contributed by atoms with Crippen molar-refractivity contribution in [2.24, 2.45) is 0 Å². The molecule has 0 radical (unpaired) electrons. The Labute approximate surface area is 112 Å². The van der Waals surface area contributed by atoms with E-state index >= 15 is 0 Å². The van der Waals surface area contributed by atoms with Gasteiger partial charge in [0.1, 0.15) is 0 Å². The molecule has 3 nitrogen and oxygen atoms in total. The molecule has 0 atom stereocenters. The van der Waals surface area contributed by atoms with Crippen LogP contribution in [0.25, 0.3) is 0 Å². The van der Waals surface area contributed by atoms with Gasteiger partial charge in [-0.05, 0) is 37.5 Å². The van der Waals surface area contributed by atoms with Gasteiger partial charge in [0.05, 0.1) is 0 Å². The highest BCUT2D eigenvalue weighted by atomic mass is 32.2. The number of aryl methyl sites for hydroxylation is 1. The predicted molar refractivity (Wildman–Crippen MR) is 80.0 cm³/mol. The second kappa shape index (κ2) is 5.74. The van der Waals surface area contributed by atoms with Gasteiger partial charge >= 0.3 is 0 Å². The summed E-state index contributed by atoms with van der Waals surface area (Å²) in [6, 6.07) is 6.95. The lowest BCUT2D eigenvalue weighted by molar-refractivity contribution is 0.624. The lowest BCUT2D eigenvalue weighted by atomic mass is 10.1. The second-order valence-corrected chi connectivity index (χ2v) is 6.86. The molecule has 2 rings (SSSR count). The highest BCUT2D eigenvalue weighted by molar-refractivity contribution is 7.85. The molecule has 0 aliphatic carbocycles. The van der Waals surface area contributed by atoms with Gasteiger partial charge in [-0.15, -0.1) is 0 Å². The standard InChI is InChI=1S/C14H22N2OS/c1-11-4-5-13(10-14(11)16(2)3)15-12-6-8-18(17)9-7-12/h4-5,10,12,15H,6-9H2,1-3H3. The van der Waals surface area contributed by atoms with Crippen molar-refractivity contribution in [2.45, 2.75) is 25.8 Å². The van der Waals surface area contributed by atoms with E-state index in [9.17, 15) is 4.21 Å². The molecule has 1 fully saturated rings. The Morgan fingerprint density at radius 2 is 1.94 bits per heavy atom. The van der Waals surface area contributed by atoms with E-state index in [2.05, 4.69) is 49.4 Å². The molecule has 1 N–H and O–H groups in total. The van der Waals surface area contributed by atoms with Crippen LogP contribution in [-0.4, -0.2) is 35.9 Å². The third-order valence-corrected chi connectivity index (χ3v) is 4.83. The largest absolute Gasteiger partial charge is 0.382 e. The molecule has 1 aliphatic rings. The Balaban J connectivity index is 2.05. The molecule has 0 aromatic heterocycles. The van der Waals surface area contributed by atoms with E-state index < -0.39 is 10.8 Å². The molecule has 1 aromatic rings. The molecule has 1 aliphatic heterocycles. The van der Waals surface area contributed by atoms with E-state index in [1.54, 1.807) is 0 Å². The van der Waals surface area contributed by atoms with Gasteiger partial charge in [0.25, 0.3) is 0 Å². The van der Waals surface area contributed by atoms with Crippen molar-refractivity contribution >= 4 is 22.2 Å². The average molecular weight is 266 g/mol. The van der Waals surface area contributed by atoms with Gasteiger partial charge in [0.2, 0.25) is 0 Å². The maximum absolute atomic E-state index is 11.3. The highest BCUT2D eigenvalue weighted by Crippen LogP contribution is 2.24. The van der Waals surface area contributed by atoms with Gasteiger partial charge in [-0.25, -0.2) is 0 Å². The Kier molecular flexibility index (Phi) is 4.27. The smallest absolute Gasteiger partial charge is 0.0411 e. The number of benzene rings is 1. The van der Waals surface area contributed by atoms with Crippen LogP contribution in [0.3, 0.4) is 0 Å². The Hall–Kier alpha value is -1.03. The number of nitrogens with zero attached hydrogens (tertiary/aromatic N) is 1. The topological polar surface area (TPSA) is 32.3 Å². The molecule has 18 heavy (non-hydrogen) atoms. The number of hydrogen-bond acceptors (Lipinski definition) is 3. The first-order valence-corrected chi connectivity index (χ1v) is 7.94. The van der Waals surface area contributed by atoms with Gasteiger partial charge in [-0.1, -0.05) is 6.07 Å². The molecule has 0 unspecified atom stereocenters. The zero-order valence-electron chi connectivity index (χ0n) is 11.4. The summed E-state index contributed by atoms with van der Waals surface area (Å²) < 4.78 is 11.3. The summed E-state index contributed by atoms with van der Waals surface area (Å²) >= 11 is 0. The number of rotatable bonds is 3. The van der Waals surface area contributed by atoms with E-state index in [4.69, 9.17) is 0 Å². The predicted octanol–water partition coefficient (Wildman–Crippen LogP) is 2.38. The third kappa shape index (κ3) is 3.25. The van der Waals surface area contributed by atoms with Crippen molar-refractivity contribution in [2.75, 3.05) is 35.8 Å². The Morgan fingerprint density at radius 3 is 2.56 bits per heavy atom. The number of anilines is 2. The monoisotopic (exact) mass is 266 g/mol. The van der Waals surface area contributed by atoms with Crippen molar-refractivity contribution in [3.8, 4) is 0 Å². The minimum absolute atomic E-state index is 0.473. The van der Waals surface area contributed by atoms with Gasteiger partial charge in [0.15, 0.2) is 0 Å². The van der Waals surface area contributed by atoms with Crippen LogP contribution in [0, 0.1) is 6.92 Å². The lowest BCUT2D eigenvalue weighted by Gasteiger charge is -2.25.